The summed E-state index contributed by atoms with van der Waals surface area (Å²) in [4.78, 5) is 1.34. The Morgan fingerprint density at radius 2 is 2.12 bits per heavy atom. The van der Waals surface area contributed by atoms with Crippen molar-refractivity contribution in [2.24, 2.45) is 0 Å². The monoisotopic (exact) mass is 315 g/mol. The molecule has 0 saturated carbocycles. The maximum absolute atomic E-state index is 3.54. The van der Waals surface area contributed by atoms with Crippen molar-refractivity contribution >= 4 is 27.7 Å². The van der Waals surface area contributed by atoms with E-state index in [1.807, 2.05) is 11.8 Å². The molecule has 0 aliphatic carbocycles. The van der Waals surface area contributed by atoms with E-state index in [9.17, 15) is 0 Å². The zero-order valence-electron chi connectivity index (χ0n) is 10.9. The minimum atomic E-state index is 0.601. The standard InChI is InChI=1S/C14H22BrNS/c1-4-8-16-11(2)9-12(3)17-14-7-5-6-13(15)10-14/h5-7,10-12,16H,4,8-9H2,1-3H3. The third-order valence-electron chi connectivity index (χ3n) is 2.56. The molecule has 1 nitrogen and oxygen atoms in total. The normalized spacial score (nSPS) is 14.6. The van der Waals surface area contributed by atoms with Crippen LogP contribution in [0.3, 0.4) is 0 Å². The van der Waals surface area contributed by atoms with Crippen LogP contribution in [0.5, 0.6) is 0 Å². The van der Waals surface area contributed by atoms with Crippen LogP contribution in [0.25, 0.3) is 0 Å². The van der Waals surface area contributed by atoms with E-state index >= 15 is 0 Å². The molecule has 0 radical (unpaired) electrons. The van der Waals surface area contributed by atoms with Gasteiger partial charge >= 0.3 is 0 Å². The molecule has 0 spiro atoms. The predicted octanol–water partition coefficient (Wildman–Crippen LogP) is 4.71. The summed E-state index contributed by atoms with van der Waals surface area (Å²) in [7, 11) is 0. The van der Waals surface area contributed by atoms with Gasteiger partial charge in [0.2, 0.25) is 0 Å². The lowest BCUT2D eigenvalue weighted by atomic mass is 10.2. The van der Waals surface area contributed by atoms with Gasteiger partial charge in [-0.3, -0.25) is 0 Å². The van der Waals surface area contributed by atoms with Gasteiger partial charge in [0.1, 0.15) is 0 Å². The molecule has 1 aromatic rings. The molecule has 0 aliphatic heterocycles. The van der Waals surface area contributed by atoms with Crippen molar-refractivity contribution in [3.63, 3.8) is 0 Å². The predicted molar refractivity (Wildman–Crippen MR) is 81.8 cm³/mol. The second-order valence-corrected chi connectivity index (χ2v) is 6.90. The first-order valence-electron chi connectivity index (χ1n) is 6.27. The number of rotatable bonds is 7. The molecular weight excluding hydrogens is 294 g/mol. The highest BCUT2D eigenvalue weighted by molar-refractivity contribution is 9.10. The Balaban J connectivity index is 2.36. The maximum Gasteiger partial charge on any atom is 0.0186 e. The average molecular weight is 316 g/mol. The molecule has 0 saturated heterocycles. The number of hydrogen-bond acceptors (Lipinski definition) is 2. The second-order valence-electron chi connectivity index (χ2n) is 4.48. The van der Waals surface area contributed by atoms with E-state index in [4.69, 9.17) is 0 Å². The quantitative estimate of drug-likeness (QED) is 0.731. The van der Waals surface area contributed by atoms with Crippen LogP contribution in [0, 0.1) is 0 Å². The highest BCUT2D eigenvalue weighted by Crippen LogP contribution is 2.27. The Labute approximate surface area is 118 Å². The first kappa shape index (κ1) is 15.1. The number of benzene rings is 1. The largest absolute Gasteiger partial charge is 0.314 e. The van der Waals surface area contributed by atoms with Crippen LogP contribution in [-0.4, -0.2) is 17.8 Å². The SMILES string of the molecule is CCCNC(C)CC(C)Sc1cccc(Br)c1. The Morgan fingerprint density at radius 1 is 1.35 bits per heavy atom. The van der Waals surface area contributed by atoms with Crippen molar-refractivity contribution in [1.82, 2.24) is 5.32 Å². The molecule has 0 aliphatic rings. The van der Waals surface area contributed by atoms with Crippen LogP contribution in [0.15, 0.2) is 33.6 Å². The third kappa shape index (κ3) is 6.49. The van der Waals surface area contributed by atoms with Gasteiger partial charge in [0.25, 0.3) is 0 Å². The molecule has 0 aromatic heterocycles. The zero-order chi connectivity index (χ0) is 12.7. The Morgan fingerprint density at radius 3 is 2.76 bits per heavy atom. The van der Waals surface area contributed by atoms with Crippen molar-refractivity contribution < 1.29 is 0 Å². The summed E-state index contributed by atoms with van der Waals surface area (Å²) in [6.07, 6.45) is 2.41. The summed E-state index contributed by atoms with van der Waals surface area (Å²) in [6, 6.07) is 9.13. The molecule has 0 bridgehead atoms. The lowest BCUT2D eigenvalue weighted by molar-refractivity contribution is 0.513. The summed E-state index contributed by atoms with van der Waals surface area (Å²) in [5.41, 5.74) is 0. The van der Waals surface area contributed by atoms with Gasteiger partial charge < -0.3 is 5.32 Å². The third-order valence-corrected chi connectivity index (χ3v) is 4.18. The molecule has 2 unspecified atom stereocenters. The fourth-order valence-corrected chi connectivity index (χ4v) is 3.55. The van der Waals surface area contributed by atoms with Crippen LogP contribution in [0.4, 0.5) is 0 Å². The van der Waals surface area contributed by atoms with Crippen LogP contribution in [0.2, 0.25) is 0 Å². The van der Waals surface area contributed by atoms with E-state index in [2.05, 4.69) is 66.3 Å². The summed E-state index contributed by atoms with van der Waals surface area (Å²) in [5.74, 6) is 0. The van der Waals surface area contributed by atoms with E-state index in [0.717, 1.165) is 11.0 Å². The van der Waals surface area contributed by atoms with E-state index in [-0.39, 0.29) is 0 Å². The van der Waals surface area contributed by atoms with Gasteiger partial charge in [0.05, 0.1) is 0 Å². The summed E-state index contributed by atoms with van der Waals surface area (Å²) in [5, 5.41) is 4.18. The maximum atomic E-state index is 3.54. The lowest BCUT2D eigenvalue weighted by Gasteiger charge is -2.18. The highest BCUT2D eigenvalue weighted by atomic mass is 79.9. The van der Waals surface area contributed by atoms with Crippen LogP contribution in [0.1, 0.15) is 33.6 Å². The fourth-order valence-electron chi connectivity index (χ4n) is 1.79. The van der Waals surface area contributed by atoms with Crippen molar-refractivity contribution in [3.05, 3.63) is 28.7 Å². The zero-order valence-corrected chi connectivity index (χ0v) is 13.3. The first-order valence-corrected chi connectivity index (χ1v) is 7.94. The van der Waals surface area contributed by atoms with E-state index < -0.39 is 0 Å². The molecule has 96 valence electrons. The van der Waals surface area contributed by atoms with Crippen LogP contribution < -0.4 is 5.32 Å². The summed E-state index contributed by atoms with van der Waals surface area (Å²) < 4.78 is 1.16. The number of hydrogen-bond donors (Lipinski definition) is 1. The molecule has 1 N–H and O–H groups in total. The number of nitrogens with one attached hydrogen (secondary N) is 1. The van der Waals surface area contributed by atoms with Gasteiger partial charge in [-0.25, -0.2) is 0 Å². The van der Waals surface area contributed by atoms with Gasteiger partial charge in [-0.1, -0.05) is 35.8 Å². The molecular formula is C14H22BrNS. The van der Waals surface area contributed by atoms with Crippen molar-refractivity contribution in [2.45, 2.75) is 49.8 Å². The molecule has 1 rings (SSSR count). The Bertz CT molecular complexity index is 330. The van der Waals surface area contributed by atoms with Gasteiger partial charge in [0.15, 0.2) is 0 Å². The smallest absolute Gasteiger partial charge is 0.0186 e. The minimum absolute atomic E-state index is 0.601. The van der Waals surface area contributed by atoms with Crippen molar-refractivity contribution in [2.75, 3.05) is 6.54 Å². The molecule has 17 heavy (non-hydrogen) atoms. The highest BCUT2D eigenvalue weighted by Gasteiger charge is 2.09. The van der Waals surface area contributed by atoms with Gasteiger partial charge in [-0.2, -0.15) is 0 Å². The molecule has 3 heteroatoms. The van der Waals surface area contributed by atoms with Crippen LogP contribution >= 0.6 is 27.7 Å². The summed E-state index contributed by atoms with van der Waals surface area (Å²) >= 11 is 5.46. The van der Waals surface area contributed by atoms with Crippen molar-refractivity contribution in [1.29, 1.82) is 0 Å². The van der Waals surface area contributed by atoms with Gasteiger partial charge in [0, 0.05) is 20.7 Å². The van der Waals surface area contributed by atoms with Crippen LogP contribution in [-0.2, 0) is 0 Å². The van der Waals surface area contributed by atoms with Gasteiger partial charge in [-0.15, -0.1) is 11.8 Å². The van der Waals surface area contributed by atoms with E-state index in [1.54, 1.807) is 0 Å². The fraction of sp³-hybridized carbons (Fsp3) is 0.571. The lowest BCUT2D eigenvalue weighted by Crippen LogP contribution is -2.29. The summed E-state index contributed by atoms with van der Waals surface area (Å²) in [6.45, 7) is 7.90. The molecule has 0 fully saturated rings. The topological polar surface area (TPSA) is 12.0 Å². The van der Waals surface area contributed by atoms with Gasteiger partial charge in [-0.05, 0) is 44.5 Å². The number of thioether (sulfide) groups is 1. The minimum Gasteiger partial charge on any atom is -0.314 e. The molecule has 0 amide bonds. The average Bonchev–Trinajstić information content (AvgIpc) is 2.26. The van der Waals surface area contributed by atoms with Crippen molar-refractivity contribution in [3.8, 4) is 0 Å². The molecule has 1 aromatic carbocycles. The van der Waals surface area contributed by atoms with E-state index in [1.165, 1.54) is 17.7 Å². The molecule has 2 atom stereocenters. The molecule has 0 heterocycles. The second kappa shape index (κ2) is 8.17. The Hall–Kier alpha value is 0.01000. The first-order chi connectivity index (χ1) is 8.11. The van der Waals surface area contributed by atoms with E-state index in [0.29, 0.717) is 11.3 Å². The number of halogens is 1. The Kier molecular flexibility index (Phi) is 7.24.